The fraction of sp³-hybridized carbons (Fsp3) is 0.594. The summed E-state index contributed by atoms with van der Waals surface area (Å²) >= 11 is 0. The summed E-state index contributed by atoms with van der Waals surface area (Å²) in [4.78, 5) is 15.3. The zero-order valence-corrected chi connectivity index (χ0v) is 24.2. The zero-order chi connectivity index (χ0) is 28.2. The fourth-order valence-corrected chi connectivity index (χ4v) is 6.86. The van der Waals surface area contributed by atoms with E-state index in [9.17, 15) is 4.79 Å². The van der Waals surface area contributed by atoms with Crippen molar-refractivity contribution in [2.45, 2.75) is 25.0 Å². The fourth-order valence-electron chi connectivity index (χ4n) is 6.86. The molecule has 3 aliphatic heterocycles. The molecular formula is C32H43N3O6. The summed E-state index contributed by atoms with van der Waals surface area (Å²) in [6, 6.07) is 14.7. The Morgan fingerprint density at radius 2 is 1.93 bits per heavy atom. The molecule has 9 heteroatoms. The third kappa shape index (κ3) is 6.33. The Morgan fingerprint density at radius 3 is 2.71 bits per heavy atom. The van der Waals surface area contributed by atoms with Crippen LogP contribution in [-0.2, 0) is 25.6 Å². The van der Waals surface area contributed by atoms with E-state index in [-0.39, 0.29) is 29.8 Å². The van der Waals surface area contributed by atoms with E-state index < -0.39 is 0 Å². The smallest absolute Gasteiger partial charge is 0.223 e. The number of ether oxygens (including phenoxy) is 5. The quantitative estimate of drug-likeness (QED) is 0.380. The van der Waals surface area contributed by atoms with Gasteiger partial charge >= 0.3 is 0 Å². The summed E-state index contributed by atoms with van der Waals surface area (Å²) in [6.07, 6.45) is 0.930. The Balaban J connectivity index is 1.14. The van der Waals surface area contributed by atoms with E-state index in [1.165, 1.54) is 5.56 Å². The first-order valence-electron chi connectivity index (χ1n) is 15.0. The number of carbonyl (C=O) groups excluding carboxylic acids is 1. The first-order valence-corrected chi connectivity index (χ1v) is 15.0. The summed E-state index contributed by atoms with van der Waals surface area (Å²) in [5.74, 6) is 3.20. The summed E-state index contributed by atoms with van der Waals surface area (Å²) in [7, 11) is 3.43. The lowest BCUT2D eigenvalue weighted by Crippen LogP contribution is -2.50. The van der Waals surface area contributed by atoms with Gasteiger partial charge in [-0.3, -0.25) is 4.79 Å². The molecular weight excluding hydrogens is 522 g/mol. The lowest BCUT2D eigenvalue weighted by molar-refractivity contribution is -0.124. The van der Waals surface area contributed by atoms with Crippen LogP contribution in [0.25, 0.3) is 0 Å². The predicted molar refractivity (Wildman–Crippen MR) is 156 cm³/mol. The van der Waals surface area contributed by atoms with Crippen LogP contribution in [0.4, 0.5) is 5.69 Å². The molecule has 9 nitrogen and oxygen atoms in total. The maximum Gasteiger partial charge on any atom is 0.223 e. The molecule has 1 amide bonds. The average Bonchev–Trinajstić information content (AvgIpc) is 3.50. The zero-order valence-electron chi connectivity index (χ0n) is 24.2. The molecule has 6 rings (SSSR count). The number of anilines is 1. The molecule has 4 aliphatic rings. The third-order valence-corrected chi connectivity index (χ3v) is 9.18. The highest BCUT2D eigenvalue weighted by molar-refractivity contribution is 5.82. The number of nitrogens with zero attached hydrogens (tertiary/aromatic N) is 1. The minimum atomic E-state index is -0.0437. The molecule has 2 unspecified atom stereocenters. The Hall–Kier alpha value is -2.85. The first kappa shape index (κ1) is 28.3. The Kier molecular flexibility index (Phi) is 8.95. The van der Waals surface area contributed by atoms with Gasteiger partial charge in [0.25, 0.3) is 0 Å². The Labute approximate surface area is 242 Å². The molecule has 222 valence electrons. The van der Waals surface area contributed by atoms with Crippen molar-refractivity contribution in [3.05, 3.63) is 53.6 Å². The van der Waals surface area contributed by atoms with Crippen molar-refractivity contribution in [2.75, 3.05) is 78.3 Å². The largest absolute Gasteiger partial charge is 0.497 e. The number of fused-ring (bicyclic) bond motifs is 2. The average molecular weight is 566 g/mol. The van der Waals surface area contributed by atoms with Crippen molar-refractivity contribution in [1.82, 2.24) is 10.6 Å². The number of carbonyl (C=O) groups is 1. The molecule has 2 aromatic rings. The van der Waals surface area contributed by atoms with Gasteiger partial charge in [-0.25, -0.2) is 0 Å². The van der Waals surface area contributed by atoms with Gasteiger partial charge < -0.3 is 39.2 Å². The van der Waals surface area contributed by atoms with Crippen LogP contribution in [0.3, 0.4) is 0 Å². The molecule has 0 bridgehead atoms. The van der Waals surface area contributed by atoms with Crippen molar-refractivity contribution in [3.63, 3.8) is 0 Å². The maximum atomic E-state index is 13.0. The number of benzene rings is 2. The van der Waals surface area contributed by atoms with E-state index in [1.54, 1.807) is 14.2 Å². The summed E-state index contributed by atoms with van der Waals surface area (Å²) in [5.41, 5.74) is 3.45. The van der Waals surface area contributed by atoms with E-state index in [0.717, 1.165) is 75.2 Å². The molecule has 3 heterocycles. The highest BCUT2D eigenvalue weighted by Gasteiger charge is 2.58. The van der Waals surface area contributed by atoms with Gasteiger partial charge in [-0.2, -0.15) is 0 Å². The highest BCUT2D eigenvalue weighted by atomic mass is 16.5. The van der Waals surface area contributed by atoms with Gasteiger partial charge in [-0.15, -0.1) is 0 Å². The normalized spacial score (nSPS) is 28.4. The van der Waals surface area contributed by atoms with E-state index in [1.807, 2.05) is 12.1 Å². The number of hydrogen-bond acceptors (Lipinski definition) is 8. The van der Waals surface area contributed by atoms with Gasteiger partial charge in [0.2, 0.25) is 5.91 Å². The molecule has 1 saturated carbocycles. The number of amides is 1. The molecule has 0 radical (unpaired) electrons. The summed E-state index contributed by atoms with van der Waals surface area (Å²) < 4.78 is 28.8. The minimum Gasteiger partial charge on any atom is -0.497 e. The van der Waals surface area contributed by atoms with Crippen LogP contribution in [0.2, 0.25) is 0 Å². The topological polar surface area (TPSA) is 90.5 Å². The Morgan fingerprint density at radius 1 is 1.10 bits per heavy atom. The molecule has 0 spiro atoms. The summed E-state index contributed by atoms with van der Waals surface area (Å²) in [5, 5.41) is 6.85. The van der Waals surface area contributed by atoms with Gasteiger partial charge in [0.15, 0.2) is 0 Å². The van der Waals surface area contributed by atoms with Crippen LogP contribution in [0.1, 0.15) is 23.5 Å². The SMILES string of the molecule is COCCCN1CCOc2ccc(CO[C@H]3CNC[C@@H](CNC(=O)C4C5COCC54)[C@@H]3c3ccc(OC)cc3)cc21. The number of rotatable bonds is 12. The number of methoxy groups -OCH3 is 2. The van der Waals surface area contributed by atoms with Crippen molar-refractivity contribution in [3.8, 4) is 11.5 Å². The highest BCUT2D eigenvalue weighted by Crippen LogP contribution is 2.50. The molecule has 3 fully saturated rings. The van der Waals surface area contributed by atoms with Gasteiger partial charge in [0.1, 0.15) is 18.1 Å². The van der Waals surface area contributed by atoms with Crippen LogP contribution in [-0.4, -0.2) is 85.4 Å². The molecule has 41 heavy (non-hydrogen) atoms. The van der Waals surface area contributed by atoms with Gasteiger partial charge in [0.05, 0.1) is 45.3 Å². The van der Waals surface area contributed by atoms with E-state index >= 15 is 0 Å². The van der Waals surface area contributed by atoms with Gasteiger partial charge in [0, 0.05) is 51.7 Å². The second-order valence-corrected chi connectivity index (χ2v) is 11.7. The van der Waals surface area contributed by atoms with Crippen LogP contribution in [0, 0.1) is 23.7 Å². The molecule has 1 aliphatic carbocycles. The lowest BCUT2D eigenvalue weighted by Gasteiger charge is -2.39. The van der Waals surface area contributed by atoms with E-state index in [0.29, 0.717) is 31.6 Å². The number of nitrogens with one attached hydrogen (secondary N) is 2. The van der Waals surface area contributed by atoms with Crippen LogP contribution >= 0.6 is 0 Å². The van der Waals surface area contributed by atoms with E-state index in [2.05, 4.69) is 45.9 Å². The van der Waals surface area contributed by atoms with Crippen molar-refractivity contribution >= 4 is 11.6 Å². The second-order valence-electron chi connectivity index (χ2n) is 11.7. The third-order valence-electron chi connectivity index (χ3n) is 9.18. The second kappa shape index (κ2) is 13.0. The Bertz CT molecular complexity index is 1170. The monoisotopic (exact) mass is 565 g/mol. The predicted octanol–water partition coefficient (Wildman–Crippen LogP) is 2.83. The summed E-state index contributed by atoms with van der Waals surface area (Å²) in [6.45, 7) is 7.38. The molecule has 2 saturated heterocycles. The maximum absolute atomic E-state index is 13.0. The lowest BCUT2D eigenvalue weighted by atomic mass is 9.79. The van der Waals surface area contributed by atoms with Gasteiger partial charge in [-0.05, 0) is 59.6 Å². The molecule has 2 aromatic carbocycles. The minimum absolute atomic E-state index is 0.0437. The van der Waals surface area contributed by atoms with Crippen LogP contribution in [0.15, 0.2) is 42.5 Å². The van der Waals surface area contributed by atoms with Crippen LogP contribution < -0.4 is 25.0 Å². The number of hydrogen-bond donors (Lipinski definition) is 2. The van der Waals surface area contributed by atoms with Crippen LogP contribution in [0.5, 0.6) is 11.5 Å². The van der Waals surface area contributed by atoms with Gasteiger partial charge in [-0.1, -0.05) is 18.2 Å². The van der Waals surface area contributed by atoms with E-state index in [4.69, 9.17) is 23.7 Å². The van der Waals surface area contributed by atoms with Crippen molar-refractivity contribution in [1.29, 1.82) is 0 Å². The first-order chi connectivity index (χ1) is 20.2. The standard InChI is InChI=1S/C32H43N3O6/c1-37-12-3-10-35-11-13-40-28-9-4-21(14-27(28)35)18-41-29-17-33-15-23(30(29)22-5-7-24(38-2)8-6-22)16-34-32(36)31-25-19-39-20-26(25)31/h4-9,14,23,25-26,29-31,33H,3,10-13,15-20H2,1-2H3,(H,34,36)/t23-,25?,26?,29-,30-,31?/m0/s1. The van der Waals surface area contributed by atoms with Crippen molar-refractivity contribution < 1.29 is 28.5 Å². The molecule has 5 atom stereocenters. The number of piperidine rings is 1. The molecule has 2 N–H and O–H groups in total. The molecule has 0 aromatic heterocycles. The van der Waals surface area contributed by atoms with Crippen molar-refractivity contribution in [2.24, 2.45) is 23.7 Å².